The minimum Gasteiger partial charge on any atom is -0.466 e. The molecule has 2 aromatic rings. The number of carbonyl (C=O) groups excluding carboxylic acids is 1. The number of hydrogen-bond acceptors (Lipinski definition) is 4. The van der Waals surface area contributed by atoms with Crippen LogP contribution in [0.2, 0.25) is 0 Å². The van der Waals surface area contributed by atoms with E-state index in [1.807, 2.05) is 59.7 Å². The Morgan fingerprint density at radius 3 is 2.03 bits per heavy atom. The number of rotatable bonds is 7. The molecule has 1 aliphatic rings. The van der Waals surface area contributed by atoms with Gasteiger partial charge in [-0.15, -0.1) is 0 Å². The molecule has 190 valence electrons. The molecule has 8 heteroatoms. The number of carbonyl (C=O) groups is 1. The van der Waals surface area contributed by atoms with E-state index in [-0.39, 0.29) is 18.5 Å². The van der Waals surface area contributed by atoms with Crippen LogP contribution in [0.25, 0.3) is 11.1 Å². The van der Waals surface area contributed by atoms with E-state index in [1.165, 1.54) is 12.1 Å². The lowest BCUT2D eigenvalue weighted by Crippen LogP contribution is -2.41. The summed E-state index contributed by atoms with van der Waals surface area (Å²) >= 11 is 0. The molecule has 4 nitrogen and oxygen atoms in total. The first-order valence-electron chi connectivity index (χ1n) is 12.0. The second kappa shape index (κ2) is 9.98. The average molecular weight is 490 g/mol. The van der Waals surface area contributed by atoms with Gasteiger partial charge in [0.05, 0.1) is 29.3 Å². The minimum atomic E-state index is -4.42. The van der Waals surface area contributed by atoms with Crippen molar-refractivity contribution in [2.24, 2.45) is 5.92 Å². The van der Waals surface area contributed by atoms with Crippen molar-refractivity contribution in [1.82, 2.24) is 0 Å². The van der Waals surface area contributed by atoms with Crippen LogP contribution in [0.5, 0.6) is 0 Å². The highest BCUT2D eigenvalue weighted by molar-refractivity contribution is 6.62. The van der Waals surface area contributed by atoms with Gasteiger partial charge in [0, 0.05) is 0 Å². The molecule has 35 heavy (non-hydrogen) atoms. The van der Waals surface area contributed by atoms with E-state index in [0.29, 0.717) is 23.0 Å². The highest BCUT2D eigenvalue weighted by Crippen LogP contribution is 2.38. The zero-order chi connectivity index (χ0) is 26.2. The maximum absolute atomic E-state index is 13.1. The molecule has 2 aromatic carbocycles. The molecule has 1 unspecified atom stereocenters. The number of hydrogen-bond donors (Lipinski definition) is 0. The van der Waals surface area contributed by atoms with Gasteiger partial charge in [0.15, 0.2) is 0 Å². The molecule has 3 rings (SSSR count). The molecule has 0 radical (unpaired) electrons. The Labute approximate surface area is 206 Å². The summed E-state index contributed by atoms with van der Waals surface area (Å²) in [5.41, 5.74) is 0.853. The van der Waals surface area contributed by atoms with Gasteiger partial charge in [-0.2, -0.15) is 13.2 Å². The van der Waals surface area contributed by atoms with E-state index in [0.717, 1.165) is 17.7 Å². The second-order valence-electron chi connectivity index (χ2n) is 10.5. The SMILES string of the molecule is CCOC(=O)C(CC(C)C)c1cc(B2OC(C)(C)C(C)(C)O2)cc(-c2ccc(C(F)(F)F)cc2)c1. The zero-order valence-electron chi connectivity index (χ0n) is 21.5. The maximum atomic E-state index is 13.1. The van der Waals surface area contributed by atoms with Gasteiger partial charge in [-0.3, -0.25) is 4.79 Å². The van der Waals surface area contributed by atoms with Crippen molar-refractivity contribution in [2.75, 3.05) is 6.61 Å². The van der Waals surface area contributed by atoms with Crippen LogP contribution in [0.4, 0.5) is 13.2 Å². The van der Waals surface area contributed by atoms with Crippen molar-refractivity contribution >= 4 is 18.6 Å². The van der Waals surface area contributed by atoms with Gasteiger partial charge in [-0.1, -0.05) is 44.2 Å². The van der Waals surface area contributed by atoms with Crippen LogP contribution in [0.15, 0.2) is 42.5 Å². The van der Waals surface area contributed by atoms with Gasteiger partial charge in [-0.05, 0) is 81.2 Å². The fraction of sp³-hybridized carbons (Fsp3) is 0.519. The van der Waals surface area contributed by atoms with Crippen molar-refractivity contribution in [2.45, 2.75) is 78.2 Å². The summed E-state index contributed by atoms with van der Waals surface area (Å²) in [7, 11) is -0.685. The molecular formula is C27H34BF3O4. The Balaban J connectivity index is 2.13. The van der Waals surface area contributed by atoms with E-state index in [1.54, 1.807) is 6.92 Å². The van der Waals surface area contributed by atoms with Crippen LogP contribution < -0.4 is 5.46 Å². The standard InChI is InChI=1S/C27H34BF3O4/c1-8-33-24(32)23(13-17(2)3)20-14-19(18-9-11-21(12-10-18)27(29,30)31)15-22(16-20)28-34-25(4,5)26(6,7)35-28/h9-12,14-17,23H,8,13H2,1-7H3. The molecule has 1 aliphatic heterocycles. The molecule has 1 fully saturated rings. The van der Waals surface area contributed by atoms with Crippen LogP contribution in [0.3, 0.4) is 0 Å². The molecule has 1 atom stereocenters. The first-order valence-corrected chi connectivity index (χ1v) is 12.0. The van der Waals surface area contributed by atoms with E-state index < -0.39 is 36.0 Å². The number of alkyl halides is 3. The van der Waals surface area contributed by atoms with E-state index in [9.17, 15) is 18.0 Å². The second-order valence-corrected chi connectivity index (χ2v) is 10.5. The molecule has 0 N–H and O–H groups in total. The third-order valence-corrected chi connectivity index (χ3v) is 6.73. The summed E-state index contributed by atoms with van der Waals surface area (Å²) < 4.78 is 57.2. The summed E-state index contributed by atoms with van der Waals surface area (Å²) in [6, 6.07) is 10.6. The van der Waals surface area contributed by atoms with Crippen molar-refractivity contribution < 1.29 is 32.0 Å². The summed E-state index contributed by atoms with van der Waals surface area (Å²) in [6.07, 6.45) is -3.85. The third-order valence-electron chi connectivity index (χ3n) is 6.73. The Hall–Kier alpha value is -2.32. The first kappa shape index (κ1) is 27.3. The van der Waals surface area contributed by atoms with Gasteiger partial charge in [0.25, 0.3) is 0 Å². The lowest BCUT2D eigenvalue weighted by molar-refractivity contribution is -0.145. The summed E-state index contributed by atoms with van der Waals surface area (Å²) in [6.45, 7) is 13.9. The Morgan fingerprint density at radius 2 is 1.54 bits per heavy atom. The van der Waals surface area contributed by atoms with E-state index in [2.05, 4.69) is 0 Å². The van der Waals surface area contributed by atoms with Gasteiger partial charge >= 0.3 is 19.3 Å². The fourth-order valence-corrected chi connectivity index (χ4v) is 4.09. The van der Waals surface area contributed by atoms with Gasteiger partial charge in [0.2, 0.25) is 0 Å². The predicted molar refractivity (Wildman–Crippen MR) is 131 cm³/mol. The van der Waals surface area contributed by atoms with E-state index in [4.69, 9.17) is 14.0 Å². The first-order chi connectivity index (χ1) is 16.1. The number of ether oxygens (including phenoxy) is 1. The zero-order valence-corrected chi connectivity index (χ0v) is 21.5. The molecule has 0 spiro atoms. The van der Waals surface area contributed by atoms with Gasteiger partial charge < -0.3 is 14.0 Å². The normalized spacial score (nSPS) is 18.1. The molecule has 1 saturated heterocycles. The Bertz CT molecular complexity index is 1030. The molecule has 0 aromatic heterocycles. The monoisotopic (exact) mass is 490 g/mol. The van der Waals surface area contributed by atoms with Crippen LogP contribution in [-0.2, 0) is 25.0 Å². The molecular weight excluding hydrogens is 456 g/mol. The largest absolute Gasteiger partial charge is 0.494 e. The molecule has 0 aliphatic carbocycles. The fourth-order valence-electron chi connectivity index (χ4n) is 4.09. The Morgan fingerprint density at radius 1 is 0.971 bits per heavy atom. The third kappa shape index (κ3) is 6.09. The lowest BCUT2D eigenvalue weighted by atomic mass is 9.75. The molecule has 1 heterocycles. The van der Waals surface area contributed by atoms with Crippen LogP contribution in [0, 0.1) is 5.92 Å². The molecule has 0 amide bonds. The van der Waals surface area contributed by atoms with Crippen LogP contribution in [0.1, 0.15) is 71.9 Å². The van der Waals surface area contributed by atoms with Crippen molar-refractivity contribution in [3.05, 3.63) is 53.6 Å². The summed E-state index contributed by atoms with van der Waals surface area (Å²) in [4.78, 5) is 12.9. The number of benzene rings is 2. The van der Waals surface area contributed by atoms with Gasteiger partial charge in [0.1, 0.15) is 0 Å². The summed E-state index contributed by atoms with van der Waals surface area (Å²) in [5.74, 6) is -0.629. The maximum Gasteiger partial charge on any atom is 0.494 e. The van der Waals surface area contributed by atoms with Crippen molar-refractivity contribution in [1.29, 1.82) is 0 Å². The Kier molecular flexibility index (Phi) is 7.77. The van der Waals surface area contributed by atoms with E-state index >= 15 is 0 Å². The topological polar surface area (TPSA) is 44.8 Å². The van der Waals surface area contributed by atoms with Crippen LogP contribution >= 0.6 is 0 Å². The predicted octanol–water partition coefficient (Wildman–Crippen LogP) is 6.36. The highest BCUT2D eigenvalue weighted by Gasteiger charge is 2.52. The van der Waals surface area contributed by atoms with Crippen molar-refractivity contribution in [3.8, 4) is 11.1 Å². The molecule has 0 bridgehead atoms. The smallest absolute Gasteiger partial charge is 0.466 e. The number of halogens is 3. The minimum absolute atomic E-state index is 0.222. The van der Waals surface area contributed by atoms with Gasteiger partial charge in [-0.25, -0.2) is 0 Å². The quantitative estimate of drug-likeness (QED) is 0.335. The van der Waals surface area contributed by atoms with Crippen molar-refractivity contribution in [3.63, 3.8) is 0 Å². The average Bonchev–Trinajstić information content (AvgIpc) is 2.98. The van der Waals surface area contributed by atoms with Crippen LogP contribution in [-0.4, -0.2) is 30.9 Å². The lowest BCUT2D eigenvalue weighted by Gasteiger charge is -2.32. The highest BCUT2D eigenvalue weighted by atomic mass is 19.4. The number of esters is 1. The molecule has 0 saturated carbocycles. The summed E-state index contributed by atoms with van der Waals surface area (Å²) in [5, 5.41) is 0.